The minimum Gasteiger partial charge on any atom is -0.357 e. The Hall–Kier alpha value is -3.18. The number of rotatable bonds is 8. The number of carbonyl (C=O) groups excluding carboxylic acids is 2. The summed E-state index contributed by atoms with van der Waals surface area (Å²) < 4.78 is 13.4. The first-order chi connectivity index (χ1) is 15.0. The predicted octanol–water partition coefficient (Wildman–Crippen LogP) is 4.41. The molecular formula is C25H24ClFN2O2. The number of carbonyl (C=O) groups is 2. The first-order valence-electron chi connectivity index (χ1n) is 10.0. The van der Waals surface area contributed by atoms with E-state index in [0.29, 0.717) is 17.0 Å². The minimum absolute atomic E-state index is 0.0587. The smallest absolute Gasteiger partial charge is 0.242 e. The highest BCUT2D eigenvalue weighted by Gasteiger charge is 2.30. The first kappa shape index (κ1) is 22.5. The van der Waals surface area contributed by atoms with E-state index in [2.05, 4.69) is 5.32 Å². The van der Waals surface area contributed by atoms with E-state index >= 15 is 0 Å². The van der Waals surface area contributed by atoms with Gasteiger partial charge in [0.25, 0.3) is 0 Å². The van der Waals surface area contributed by atoms with Gasteiger partial charge in [-0.05, 0) is 34.9 Å². The molecule has 0 saturated heterocycles. The van der Waals surface area contributed by atoms with Crippen LogP contribution in [0.2, 0.25) is 5.02 Å². The van der Waals surface area contributed by atoms with Crippen molar-refractivity contribution < 1.29 is 14.0 Å². The number of likely N-dealkylation sites (N-methyl/N-ethyl adjacent to an activating group) is 1. The second-order valence-corrected chi connectivity index (χ2v) is 7.64. The van der Waals surface area contributed by atoms with Crippen LogP contribution in [0.25, 0.3) is 0 Å². The van der Waals surface area contributed by atoms with Crippen molar-refractivity contribution in [3.8, 4) is 0 Å². The highest BCUT2D eigenvalue weighted by atomic mass is 35.5. The average molecular weight is 439 g/mol. The van der Waals surface area contributed by atoms with E-state index in [1.54, 1.807) is 42.3 Å². The predicted molar refractivity (Wildman–Crippen MR) is 120 cm³/mol. The van der Waals surface area contributed by atoms with Gasteiger partial charge in [0.2, 0.25) is 11.8 Å². The molecule has 1 N–H and O–H groups in total. The van der Waals surface area contributed by atoms with E-state index in [4.69, 9.17) is 11.6 Å². The van der Waals surface area contributed by atoms with Crippen LogP contribution in [0.3, 0.4) is 0 Å². The quantitative estimate of drug-likeness (QED) is 0.566. The Bertz CT molecular complexity index is 1030. The Kier molecular flexibility index (Phi) is 7.79. The summed E-state index contributed by atoms with van der Waals surface area (Å²) in [5, 5.41) is 3.17. The molecule has 2 amide bonds. The van der Waals surface area contributed by atoms with E-state index < -0.39 is 6.04 Å². The molecule has 0 aromatic heterocycles. The average Bonchev–Trinajstić information content (AvgIpc) is 2.79. The van der Waals surface area contributed by atoms with E-state index in [1.165, 1.54) is 12.1 Å². The van der Waals surface area contributed by atoms with E-state index in [9.17, 15) is 14.0 Å². The minimum atomic E-state index is -0.729. The molecule has 0 radical (unpaired) electrons. The molecule has 0 saturated carbocycles. The molecule has 0 bridgehead atoms. The zero-order chi connectivity index (χ0) is 22.2. The third-order valence-electron chi connectivity index (χ3n) is 5.08. The Morgan fingerprint density at radius 2 is 1.58 bits per heavy atom. The van der Waals surface area contributed by atoms with Crippen LogP contribution in [0, 0.1) is 5.82 Å². The summed E-state index contributed by atoms with van der Waals surface area (Å²) in [7, 11) is 1.55. The molecule has 0 unspecified atom stereocenters. The van der Waals surface area contributed by atoms with Gasteiger partial charge in [-0.2, -0.15) is 0 Å². The molecule has 0 spiro atoms. The van der Waals surface area contributed by atoms with Gasteiger partial charge in [-0.25, -0.2) is 4.39 Å². The Morgan fingerprint density at radius 3 is 2.23 bits per heavy atom. The van der Waals surface area contributed by atoms with Gasteiger partial charge in [0.15, 0.2) is 0 Å². The number of nitrogens with zero attached hydrogens (tertiary/aromatic N) is 1. The Balaban J connectivity index is 1.94. The van der Waals surface area contributed by atoms with E-state index in [1.807, 2.05) is 36.4 Å². The topological polar surface area (TPSA) is 49.4 Å². The molecule has 160 valence electrons. The van der Waals surface area contributed by atoms with Gasteiger partial charge in [0.1, 0.15) is 11.9 Å². The molecule has 3 rings (SSSR count). The molecule has 3 aromatic carbocycles. The largest absolute Gasteiger partial charge is 0.357 e. The molecule has 31 heavy (non-hydrogen) atoms. The molecule has 0 aliphatic rings. The molecule has 0 heterocycles. The molecule has 4 nitrogen and oxygen atoms in total. The van der Waals surface area contributed by atoms with Crippen LogP contribution in [0.5, 0.6) is 0 Å². The molecule has 3 aromatic rings. The number of benzene rings is 3. The van der Waals surface area contributed by atoms with E-state index in [0.717, 1.165) is 11.1 Å². The van der Waals surface area contributed by atoms with Crippen LogP contribution < -0.4 is 5.32 Å². The number of nitrogens with one attached hydrogen (secondary N) is 1. The van der Waals surface area contributed by atoms with Gasteiger partial charge in [-0.3, -0.25) is 9.59 Å². The highest BCUT2D eigenvalue weighted by Crippen LogP contribution is 2.20. The molecule has 0 aliphatic carbocycles. The lowest BCUT2D eigenvalue weighted by molar-refractivity contribution is -0.140. The molecular weight excluding hydrogens is 415 g/mol. The third kappa shape index (κ3) is 6.15. The summed E-state index contributed by atoms with van der Waals surface area (Å²) in [5.41, 5.74) is 2.36. The molecule has 0 aliphatic heterocycles. The lowest BCUT2D eigenvalue weighted by atomic mass is 10.0. The number of hydrogen-bond acceptors (Lipinski definition) is 2. The summed E-state index contributed by atoms with van der Waals surface area (Å²) in [4.78, 5) is 27.8. The first-order valence-corrected chi connectivity index (χ1v) is 10.4. The van der Waals surface area contributed by atoms with Crippen LogP contribution in [-0.2, 0) is 29.0 Å². The Morgan fingerprint density at radius 1 is 0.935 bits per heavy atom. The van der Waals surface area contributed by atoms with Crippen LogP contribution in [0.4, 0.5) is 4.39 Å². The van der Waals surface area contributed by atoms with Crippen molar-refractivity contribution in [3.63, 3.8) is 0 Å². The second kappa shape index (κ2) is 10.7. The van der Waals surface area contributed by atoms with Crippen molar-refractivity contribution in [2.24, 2.45) is 0 Å². The Labute approximate surface area is 186 Å². The van der Waals surface area contributed by atoms with Crippen LogP contribution >= 0.6 is 11.6 Å². The molecule has 0 fully saturated rings. The van der Waals surface area contributed by atoms with Crippen LogP contribution in [0.1, 0.15) is 16.7 Å². The highest BCUT2D eigenvalue weighted by molar-refractivity contribution is 6.31. The van der Waals surface area contributed by atoms with Crippen molar-refractivity contribution in [1.82, 2.24) is 10.2 Å². The van der Waals surface area contributed by atoms with Gasteiger partial charge in [-0.1, -0.05) is 72.3 Å². The fraction of sp³-hybridized carbons (Fsp3) is 0.200. The van der Waals surface area contributed by atoms with Gasteiger partial charge < -0.3 is 10.2 Å². The lowest BCUT2D eigenvalue weighted by Crippen LogP contribution is -2.50. The fourth-order valence-corrected chi connectivity index (χ4v) is 3.62. The summed E-state index contributed by atoms with van der Waals surface area (Å²) >= 11 is 6.26. The summed E-state index contributed by atoms with van der Waals surface area (Å²) in [5.74, 6) is -0.856. The lowest BCUT2D eigenvalue weighted by Gasteiger charge is -2.31. The SMILES string of the molecule is CNC(=O)[C@@H](Cc1ccccc1)N(Cc1ccc(F)cc1)C(=O)Cc1ccccc1Cl. The molecule has 6 heteroatoms. The van der Waals surface area contributed by atoms with Gasteiger partial charge >= 0.3 is 0 Å². The van der Waals surface area contributed by atoms with E-state index in [-0.39, 0.29) is 30.6 Å². The van der Waals surface area contributed by atoms with Crippen molar-refractivity contribution in [2.45, 2.75) is 25.4 Å². The monoisotopic (exact) mass is 438 g/mol. The van der Waals surface area contributed by atoms with Crippen LogP contribution in [0.15, 0.2) is 78.9 Å². The fourth-order valence-electron chi connectivity index (χ4n) is 3.41. The van der Waals surface area contributed by atoms with Crippen molar-refractivity contribution in [3.05, 3.63) is 106 Å². The zero-order valence-electron chi connectivity index (χ0n) is 17.2. The maximum atomic E-state index is 13.4. The number of halogens is 2. The summed E-state index contributed by atoms with van der Waals surface area (Å²) in [6.07, 6.45) is 0.416. The van der Waals surface area contributed by atoms with Gasteiger partial charge in [-0.15, -0.1) is 0 Å². The standard InChI is InChI=1S/C25H24ClFN2O2/c1-28-25(31)23(15-18-7-3-2-4-8-18)29(17-19-11-13-21(27)14-12-19)24(30)16-20-9-5-6-10-22(20)26/h2-14,23H,15-17H2,1H3,(H,28,31)/t23-/m1/s1. The third-order valence-corrected chi connectivity index (χ3v) is 5.45. The van der Waals surface area contributed by atoms with Gasteiger partial charge in [0, 0.05) is 25.0 Å². The number of amides is 2. The maximum Gasteiger partial charge on any atom is 0.242 e. The van der Waals surface area contributed by atoms with Gasteiger partial charge in [0.05, 0.1) is 6.42 Å². The second-order valence-electron chi connectivity index (χ2n) is 7.24. The number of hydrogen-bond donors (Lipinski definition) is 1. The molecule has 1 atom stereocenters. The summed E-state index contributed by atoms with van der Waals surface area (Å²) in [6, 6.07) is 21.9. The zero-order valence-corrected chi connectivity index (χ0v) is 18.0. The van der Waals surface area contributed by atoms with Crippen LogP contribution in [-0.4, -0.2) is 29.8 Å². The maximum absolute atomic E-state index is 13.4. The summed E-state index contributed by atoms with van der Waals surface area (Å²) in [6.45, 7) is 0.175. The van der Waals surface area contributed by atoms with Crippen molar-refractivity contribution in [2.75, 3.05) is 7.05 Å². The van der Waals surface area contributed by atoms with Crippen molar-refractivity contribution >= 4 is 23.4 Å². The van der Waals surface area contributed by atoms with Crippen molar-refractivity contribution in [1.29, 1.82) is 0 Å². The normalized spacial score (nSPS) is 11.6.